The molecule has 0 unspecified atom stereocenters. The number of carbonyl (C=O) groups is 2. The lowest BCUT2D eigenvalue weighted by Crippen LogP contribution is -2.48. The third-order valence-electron chi connectivity index (χ3n) is 4.35. The van der Waals surface area contributed by atoms with Crippen LogP contribution in [-0.4, -0.2) is 61.7 Å². The Hall–Kier alpha value is -2.78. The Balaban J connectivity index is 1.64. The number of rotatable bonds is 6. The number of nitrogens with zero attached hydrogens (tertiary/aromatic N) is 3. The number of sulfonamides is 1. The van der Waals surface area contributed by atoms with Crippen molar-refractivity contribution in [3.8, 4) is 0 Å². The van der Waals surface area contributed by atoms with Crippen molar-refractivity contribution in [1.29, 1.82) is 0 Å². The van der Waals surface area contributed by atoms with Gasteiger partial charge in [-0.2, -0.15) is 0 Å². The molecule has 0 atom stereocenters. The fraction of sp³-hybridized carbons (Fsp3) is 0.278. The fourth-order valence-corrected chi connectivity index (χ4v) is 3.77. The van der Waals surface area contributed by atoms with E-state index >= 15 is 0 Å². The first-order valence-electron chi connectivity index (χ1n) is 8.47. The van der Waals surface area contributed by atoms with Crippen LogP contribution in [0.1, 0.15) is 15.9 Å². The molecule has 2 aromatic rings. The maximum absolute atomic E-state index is 12.5. The highest BCUT2D eigenvalue weighted by Crippen LogP contribution is 2.14. The van der Waals surface area contributed by atoms with Crippen LogP contribution in [0, 0.1) is 0 Å². The molecule has 1 saturated heterocycles. The van der Waals surface area contributed by atoms with Crippen LogP contribution in [-0.2, 0) is 21.4 Å². The third kappa shape index (κ3) is 4.69. The Kier molecular flexibility index (Phi) is 5.82. The molecular formula is C18H20N4O4S. The lowest BCUT2D eigenvalue weighted by Gasteiger charge is -2.32. The molecule has 8 nitrogen and oxygen atoms in total. The van der Waals surface area contributed by atoms with Gasteiger partial charge in [0.1, 0.15) is 0 Å². The quantitative estimate of drug-likeness (QED) is 0.726. The van der Waals surface area contributed by atoms with Crippen molar-refractivity contribution in [2.75, 3.05) is 26.2 Å². The van der Waals surface area contributed by atoms with Gasteiger partial charge in [-0.15, -0.1) is 0 Å². The van der Waals surface area contributed by atoms with Gasteiger partial charge in [0.25, 0.3) is 5.91 Å². The van der Waals surface area contributed by atoms with Crippen LogP contribution in [0.25, 0.3) is 0 Å². The van der Waals surface area contributed by atoms with Gasteiger partial charge in [-0.3, -0.25) is 14.6 Å². The molecule has 142 valence electrons. The summed E-state index contributed by atoms with van der Waals surface area (Å²) in [6.45, 7) is 2.06. The van der Waals surface area contributed by atoms with Gasteiger partial charge in [0.15, 0.2) is 0 Å². The van der Waals surface area contributed by atoms with Crippen molar-refractivity contribution >= 4 is 22.3 Å². The van der Waals surface area contributed by atoms with Crippen LogP contribution in [0.15, 0.2) is 53.7 Å². The van der Waals surface area contributed by atoms with Crippen LogP contribution < -0.4 is 4.72 Å². The Morgan fingerprint density at radius 3 is 2.41 bits per heavy atom. The molecule has 9 heteroatoms. The average Bonchev–Trinajstić information content (AvgIpc) is 2.73. The molecule has 1 aromatic heterocycles. The molecule has 1 aliphatic rings. The molecule has 0 saturated carbocycles. The number of amides is 2. The molecule has 1 fully saturated rings. The number of carbonyl (C=O) groups excluding carboxylic acids is 2. The molecule has 0 aliphatic carbocycles. The largest absolute Gasteiger partial charge is 0.342 e. The van der Waals surface area contributed by atoms with Crippen molar-refractivity contribution < 1.29 is 18.0 Å². The molecular weight excluding hydrogens is 368 g/mol. The van der Waals surface area contributed by atoms with E-state index in [1.54, 1.807) is 34.3 Å². The van der Waals surface area contributed by atoms with Gasteiger partial charge in [-0.05, 0) is 35.9 Å². The highest BCUT2D eigenvalue weighted by molar-refractivity contribution is 7.89. The monoisotopic (exact) mass is 388 g/mol. The third-order valence-corrected chi connectivity index (χ3v) is 5.77. The molecule has 1 aliphatic heterocycles. The van der Waals surface area contributed by atoms with Gasteiger partial charge in [-0.1, -0.05) is 6.07 Å². The number of piperazine rings is 1. The number of nitrogens with one attached hydrogen (secondary N) is 1. The van der Waals surface area contributed by atoms with E-state index in [2.05, 4.69) is 9.71 Å². The highest BCUT2D eigenvalue weighted by atomic mass is 32.2. The summed E-state index contributed by atoms with van der Waals surface area (Å²) >= 11 is 0. The first kappa shape index (κ1) is 19.0. The van der Waals surface area contributed by atoms with E-state index < -0.39 is 10.0 Å². The van der Waals surface area contributed by atoms with E-state index in [9.17, 15) is 18.0 Å². The van der Waals surface area contributed by atoms with Gasteiger partial charge in [-0.25, -0.2) is 13.1 Å². The molecule has 0 bridgehead atoms. The summed E-state index contributed by atoms with van der Waals surface area (Å²) < 4.78 is 27.3. The van der Waals surface area contributed by atoms with Gasteiger partial charge in [0, 0.05) is 50.7 Å². The smallest absolute Gasteiger partial charge is 0.253 e. The number of hydrogen-bond donors (Lipinski definition) is 1. The molecule has 2 amide bonds. The SMILES string of the molecule is O=CN1CCN(C(=O)c2ccc(S(=O)(=O)NCc3cccnc3)cc2)CC1. The first-order valence-corrected chi connectivity index (χ1v) is 9.95. The van der Waals surface area contributed by atoms with E-state index in [1.165, 1.54) is 24.3 Å². The average molecular weight is 388 g/mol. The standard InChI is InChI=1S/C18H20N4O4S/c23-14-21-8-10-22(11-9-21)18(24)16-3-5-17(6-4-16)27(25,26)20-13-15-2-1-7-19-12-15/h1-7,12,14,20H,8-11,13H2. The molecule has 1 N–H and O–H groups in total. The highest BCUT2D eigenvalue weighted by Gasteiger charge is 2.22. The molecule has 3 rings (SSSR count). The van der Waals surface area contributed by atoms with Crippen molar-refractivity contribution in [3.63, 3.8) is 0 Å². The molecule has 0 spiro atoms. The topological polar surface area (TPSA) is 99.7 Å². The minimum Gasteiger partial charge on any atom is -0.342 e. The lowest BCUT2D eigenvalue weighted by atomic mass is 10.2. The Morgan fingerprint density at radius 1 is 1.11 bits per heavy atom. The van der Waals surface area contributed by atoms with Crippen molar-refractivity contribution in [2.45, 2.75) is 11.4 Å². The second-order valence-corrected chi connectivity index (χ2v) is 7.91. The number of benzene rings is 1. The molecule has 0 radical (unpaired) electrons. The predicted molar refractivity (Wildman–Crippen MR) is 98.2 cm³/mol. The normalized spacial score (nSPS) is 14.8. The maximum Gasteiger partial charge on any atom is 0.253 e. The van der Waals surface area contributed by atoms with E-state index in [1.807, 2.05) is 0 Å². The zero-order chi connectivity index (χ0) is 19.3. The molecule has 2 heterocycles. The summed E-state index contributed by atoms with van der Waals surface area (Å²) in [5, 5.41) is 0. The summed E-state index contributed by atoms with van der Waals surface area (Å²) in [6.07, 6.45) is 3.99. The summed E-state index contributed by atoms with van der Waals surface area (Å²) in [4.78, 5) is 30.6. The predicted octanol–water partition coefficient (Wildman–Crippen LogP) is 0.474. The maximum atomic E-state index is 12.5. The van der Waals surface area contributed by atoms with Crippen molar-refractivity contribution in [1.82, 2.24) is 19.5 Å². The van der Waals surface area contributed by atoms with Crippen LogP contribution in [0.4, 0.5) is 0 Å². The van der Waals surface area contributed by atoms with E-state index in [0.717, 1.165) is 12.0 Å². The number of pyridine rings is 1. The number of hydrogen-bond acceptors (Lipinski definition) is 5. The molecule has 1 aromatic carbocycles. The lowest BCUT2D eigenvalue weighted by molar-refractivity contribution is -0.119. The molecule has 27 heavy (non-hydrogen) atoms. The summed E-state index contributed by atoms with van der Waals surface area (Å²) in [7, 11) is -3.68. The van der Waals surface area contributed by atoms with Gasteiger partial charge in [0.2, 0.25) is 16.4 Å². The van der Waals surface area contributed by atoms with Crippen molar-refractivity contribution in [2.24, 2.45) is 0 Å². The zero-order valence-corrected chi connectivity index (χ0v) is 15.4. The second-order valence-electron chi connectivity index (χ2n) is 6.14. The van der Waals surface area contributed by atoms with Gasteiger partial charge in [0.05, 0.1) is 4.90 Å². The van der Waals surface area contributed by atoms with Crippen LogP contribution in [0.3, 0.4) is 0 Å². The second kappa shape index (κ2) is 8.28. The van der Waals surface area contributed by atoms with Crippen LogP contribution in [0.2, 0.25) is 0 Å². The first-order chi connectivity index (χ1) is 13.0. The van der Waals surface area contributed by atoms with Crippen LogP contribution in [0.5, 0.6) is 0 Å². The van der Waals surface area contributed by atoms with E-state index in [4.69, 9.17) is 0 Å². The Bertz CT molecular complexity index is 893. The zero-order valence-electron chi connectivity index (χ0n) is 14.6. The van der Waals surface area contributed by atoms with Gasteiger partial charge >= 0.3 is 0 Å². The summed E-state index contributed by atoms with van der Waals surface area (Å²) in [5.41, 5.74) is 1.17. The van der Waals surface area contributed by atoms with Crippen LogP contribution >= 0.6 is 0 Å². The fourth-order valence-electron chi connectivity index (χ4n) is 2.75. The van der Waals surface area contributed by atoms with Gasteiger partial charge < -0.3 is 9.80 Å². The minimum absolute atomic E-state index is 0.0914. The number of aromatic nitrogens is 1. The minimum atomic E-state index is -3.68. The summed E-state index contributed by atoms with van der Waals surface area (Å²) in [5.74, 6) is -0.173. The summed E-state index contributed by atoms with van der Waals surface area (Å²) in [6, 6.07) is 9.36. The van der Waals surface area contributed by atoms with Crippen molar-refractivity contribution in [3.05, 3.63) is 59.9 Å². The van der Waals surface area contributed by atoms with E-state index in [0.29, 0.717) is 31.7 Å². The Morgan fingerprint density at radius 2 is 1.81 bits per heavy atom. The van der Waals surface area contributed by atoms with E-state index in [-0.39, 0.29) is 17.3 Å². The Labute approximate surface area is 157 Å².